The summed E-state index contributed by atoms with van der Waals surface area (Å²) in [6.07, 6.45) is -1.75. The average Bonchev–Trinajstić information content (AvgIpc) is 2.66. The van der Waals surface area contributed by atoms with Gasteiger partial charge < -0.3 is 27.8 Å². The molecule has 31 heavy (non-hydrogen) atoms. The molecule has 3 unspecified atom stereocenters. The van der Waals surface area contributed by atoms with E-state index >= 15 is 0 Å². The summed E-state index contributed by atoms with van der Waals surface area (Å²) in [5, 5.41) is 0. The standard InChI is InChI=1S/C21H33O9P/c1-13(2)19(22)28-16(7)10-25-31(26-11-17(8)29-20(23)14(3)4)27-12-18(9)30-21(24)15(5)6/h16-18H,1,3,5,10-12H2,2,4,6-9H3. The van der Waals surface area contributed by atoms with Crippen LogP contribution in [-0.2, 0) is 42.2 Å². The lowest BCUT2D eigenvalue weighted by Gasteiger charge is -2.22. The highest BCUT2D eigenvalue weighted by atomic mass is 31.2. The zero-order valence-corrected chi connectivity index (χ0v) is 20.0. The second kappa shape index (κ2) is 14.9. The van der Waals surface area contributed by atoms with Crippen LogP contribution in [0, 0.1) is 0 Å². The Morgan fingerprint density at radius 2 is 0.839 bits per heavy atom. The first kappa shape index (κ1) is 28.9. The van der Waals surface area contributed by atoms with Crippen molar-refractivity contribution in [3.05, 3.63) is 36.5 Å². The highest BCUT2D eigenvalue weighted by Crippen LogP contribution is 2.40. The third kappa shape index (κ3) is 13.8. The fraction of sp³-hybridized carbons (Fsp3) is 0.571. The van der Waals surface area contributed by atoms with Crippen molar-refractivity contribution in [2.24, 2.45) is 0 Å². The summed E-state index contributed by atoms with van der Waals surface area (Å²) in [5.74, 6) is -1.62. The molecular weight excluding hydrogens is 427 g/mol. The second-order valence-electron chi connectivity index (χ2n) is 7.10. The zero-order chi connectivity index (χ0) is 24.1. The van der Waals surface area contributed by atoms with Crippen LogP contribution in [0.5, 0.6) is 0 Å². The first-order valence-corrected chi connectivity index (χ1v) is 10.7. The largest absolute Gasteiger partial charge is 0.457 e. The van der Waals surface area contributed by atoms with Crippen molar-refractivity contribution in [3.8, 4) is 0 Å². The normalized spacial score (nSPS) is 14.5. The van der Waals surface area contributed by atoms with Gasteiger partial charge in [0.05, 0.1) is 19.8 Å². The molecule has 0 aliphatic heterocycles. The van der Waals surface area contributed by atoms with E-state index in [1.165, 1.54) is 20.8 Å². The molecule has 0 aromatic carbocycles. The van der Waals surface area contributed by atoms with E-state index in [-0.39, 0.29) is 36.5 Å². The van der Waals surface area contributed by atoms with E-state index < -0.39 is 44.8 Å². The van der Waals surface area contributed by atoms with Gasteiger partial charge in [-0.2, -0.15) is 0 Å². The van der Waals surface area contributed by atoms with E-state index in [9.17, 15) is 14.4 Å². The van der Waals surface area contributed by atoms with Crippen LogP contribution in [-0.4, -0.2) is 56.0 Å². The van der Waals surface area contributed by atoms with E-state index in [0.717, 1.165) is 0 Å². The van der Waals surface area contributed by atoms with Crippen molar-refractivity contribution >= 4 is 26.5 Å². The van der Waals surface area contributed by atoms with E-state index in [4.69, 9.17) is 27.8 Å². The zero-order valence-electron chi connectivity index (χ0n) is 19.1. The molecule has 0 N–H and O–H groups in total. The Morgan fingerprint density at radius 1 is 0.613 bits per heavy atom. The smallest absolute Gasteiger partial charge is 0.333 e. The molecule has 0 fully saturated rings. The van der Waals surface area contributed by atoms with Crippen molar-refractivity contribution in [1.82, 2.24) is 0 Å². The maximum Gasteiger partial charge on any atom is 0.333 e. The van der Waals surface area contributed by atoms with Gasteiger partial charge in [-0.05, 0) is 41.5 Å². The molecule has 0 saturated heterocycles. The van der Waals surface area contributed by atoms with Gasteiger partial charge in [0.25, 0.3) is 0 Å². The Labute approximate surface area is 185 Å². The number of hydrogen-bond acceptors (Lipinski definition) is 9. The summed E-state index contributed by atoms with van der Waals surface area (Å²) in [6.45, 7) is 20.1. The summed E-state index contributed by atoms with van der Waals surface area (Å²) in [4.78, 5) is 34.8. The second-order valence-corrected chi connectivity index (χ2v) is 8.32. The molecule has 176 valence electrons. The van der Waals surface area contributed by atoms with Crippen LogP contribution >= 0.6 is 8.60 Å². The monoisotopic (exact) mass is 460 g/mol. The number of ether oxygens (including phenoxy) is 3. The highest BCUT2D eigenvalue weighted by Gasteiger charge is 2.21. The summed E-state index contributed by atoms with van der Waals surface area (Å²) in [7, 11) is -1.92. The molecule has 0 spiro atoms. The molecule has 0 aliphatic rings. The molecule has 3 atom stereocenters. The first-order valence-electron chi connectivity index (χ1n) is 9.61. The molecule has 0 amide bonds. The SMILES string of the molecule is C=C(C)C(=O)OC(C)COP(OCC(C)OC(=O)C(=C)C)OCC(C)OC(=O)C(=C)C. The number of carbonyl (C=O) groups is 3. The van der Waals surface area contributed by atoms with Gasteiger partial charge >= 0.3 is 26.5 Å². The van der Waals surface area contributed by atoms with Crippen LogP contribution in [0.4, 0.5) is 0 Å². The van der Waals surface area contributed by atoms with Crippen LogP contribution in [0.2, 0.25) is 0 Å². The van der Waals surface area contributed by atoms with Crippen LogP contribution < -0.4 is 0 Å². The first-order chi connectivity index (χ1) is 14.3. The van der Waals surface area contributed by atoms with Crippen molar-refractivity contribution in [2.45, 2.75) is 59.9 Å². The van der Waals surface area contributed by atoms with Crippen LogP contribution in [0.15, 0.2) is 36.5 Å². The molecule has 9 nitrogen and oxygen atoms in total. The molecular formula is C21H33O9P. The quantitative estimate of drug-likeness (QED) is 0.156. The topological polar surface area (TPSA) is 107 Å². The third-order valence-electron chi connectivity index (χ3n) is 3.21. The lowest BCUT2D eigenvalue weighted by Crippen LogP contribution is -2.23. The molecule has 0 aromatic rings. The lowest BCUT2D eigenvalue weighted by molar-refractivity contribution is -0.145. The number of hydrogen-bond donors (Lipinski definition) is 0. The maximum atomic E-state index is 11.6. The Hall–Kier alpha value is -2.06. The van der Waals surface area contributed by atoms with Crippen LogP contribution in [0.1, 0.15) is 41.5 Å². The summed E-state index contributed by atoms with van der Waals surface area (Å²) in [5.41, 5.74) is 0.800. The Kier molecular flexibility index (Phi) is 13.9. The Balaban J connectivity index is 4.79. The molecule has 0 bridgehead atoms. The van der Waals surface area contributed by atoms with Crippen molar-refractivity contribution in [1.29, 1.82) is 0 Å². The van der Waals surface area contributed by atoms with E-state index in [2.05, 4.69) is 19.7 Å². The van der Waals surface area contributed by atoms with Gasteiger partial charge in [-0.1, -0.05) is 19.7 Å². The van der Waals surface area contributed by atoms with Gasteiger partial charge in [0.2, 0.25) is 0 Å². The minimum Gasteiger partial charge on any atom is -0.457 e. The highest BCUT2D eigenvalue weighted by molar-refractivity contribution is 7.41. The fourth-order valence-corrected chi connectivity index (χ4v) is 2.78. The molecule has 10 heteroatoms. The Bertz CT molecular complexity index is 583. The van der Waals surface area contributed by atoms with E-state index in [1.54, 1.807) is 20.8 Å². The number of carbonyl (C=O) groups excluding carboxylic acids is 3. The fourth-order valence-electron chi connectivity index (χ4n) is 1.56. The lowest BCUT2D eigenvalue weighted by atomic mass is 10.3. The summed E-state index contributed by atoms with van der Waals surface area (Å²) in [6, 6.07) is 0. The van der Waals surface area contributed by atoms with Crippen LogP contribution in [0.25, 0.3) is 0 Å². The van der Waals surface area contributed by atoms with E-state index in [1.807, 2.05) is 0 Å². The van der Waals surface area contributed by atoms with Gasteiger partial charge in [0, 0.05) is 16.7 Å². The summed E-state index contributed by atoms with van der Waals surface area (Å²) < 4.78 is 32.2. The van der Waals surface area contributed by atoms with Gasteiger partial charge in [-0.15, -0.1) is 0 Å². The molecule has 0 rings (SSSR count). The van der Waals surface area contributed by atoms with Crippen LogP contribution in [0.3, 0.4) is 0 Å². The number of esters is 3. The van der Waals surface area contributed by atoms with Crippen molar-refractivity contribution in [2.75, 3.05) is 19.8 Å². The van der Waals surface area contributed by atoms with Gasteiger partial charge in [-0.3, -0.25) is 0 Å². The minimum absolute atomic E-state index is 0.00933. The van der Waals surface area contributed by atoms with Gasteiger partial charge in [0.15, 0.2) is 0 Å². The molecule has 0 radical (unpaired) electrons. The maximum absolute atomic E-state index is 11.6. The van der Waals surface area contributed by atoms with E-state index in [0.29, 0.717) is 0 Å². The molecule has 0 heterocycles. The molecule has 0 saturated carbocycles. The summed E-state index contributed by atoms with van der Waals surface area (Å²) >= 11 is 0. The average molecular weight is 460 g/mol. The minimum atomic E-state index is -1.92. The Morgan fingerprint density at radius 3 is 1.03 bits per heavy atom. The van der Waals surface area contributed by atoms with Gasteiger partial charge in [-0.25, -0.2) is 14.4 Å². The molecule has 0 aliphatic carbocycles. The number of rotatable bonds is 15. The van der Waals surface area contributed by atoms with Gasteiger partial charge in [0.1, 0.15) is 18.3 Å². The molecule has 0 aromatic heterocycles. The predicted octanol–water partition coefficient (Wildman–Crippen LogP) is 3.79. The van der Waals surface area contributed by atoms with Crippen molar-refractivity contribution < 1.29 is 42.2 Å². The third-order valence-corrected chi connectivity index (χ3v) is 4.29. The predicted molar refractivity (Wildman–Crippen MR) is 116 cm³/mol. The van der Waals surface area contributed by atoms with Crippen molar-refractivity contribution in [3.63, 3.8) is 0 Å².